The lowest BCUT2D eigenvalue weighted by Crippen LogP contribution is -2.73. The second kappa shape index (κ2) is 14.9. The van der Waals surface area contributed by atoms with Gasteiger partial charge in [0.25, 0.3) is 0 Å². The quantitative estimate of drug-likeness (QED) is 0.174. The Morgan fingerprint density at radius 3 is 2.30 bits per heavy atom. The van der Waals surface area contributed by atoms with Crippen LogP contribution in [-0.4, -0.2) is 163 Å². The van der Waals surface area contributed by atoms with Crippen LogP contribution in [0.2, 0.25) is 0 Å². The average molecular weight is 797 g/mol. The van der Waals surface area contributed by atoms with Crippen molar-refractivity contribution in [1.29, 1.82) is 0 Å². The number of carbonyl (C=O) groups is 5. The fraction of sp³-hybridized carbons (Fsp3) is 0.513. The number of aliphatic hydroxyl groups excluding tert-OH is 2. The molecule has 8 atom stereocenters. The highest BCUT2D eigenvalue weighted by Gasteiger charge is 2.72. The zero-order chi connectivity index (χ0) is 41.3. The van der Waals surface area contributed by atoms with Crippen molar-refractivity contribution in [2.75, 3.05) is 60.8 Å². The number of aliphatic hydroxyl groups is 3. The Labute approximate surface area is 325 Å². The van der Waals surface area contributed by atoms with Gasteiger partial charge in [-0.05, 0) is 31.0 Å². The van der Waals surface area contributed by atoms with Crippen LogP contribution in [0.1, 0.15) is 75.4 Å². The van der Waals surface area contributed by atoms with E-state index in [0.717, 1.165) is 19.3 Å². The Hall–Kier alpha value is -4.63. The number of allylic oxidation sites excluding steroid dienone is 2. The van der Waals surface area contributed by atoms with Gasteiger partial charge in [0.1, 0.15) is 42.0 Å². The Morgan fingerprint density at radius 1 is 0.965 bits per heavy atom. The topological polar surface area (TPSA) is 257 Å². The van der Waals surface area contributed by atoms with E-state index < -0.39 is 128 Å². The minimum atomic E-state index is -3.26. The molecule has 6 N–H and O–H groups in total. The Kier molecular flexibility index (Phi) is 10.6. The van der Waals surface area contributed by atoms with Crippen molar-refractivity contribution in [2.24, 2.45) is 0 Å². The number of hydrogen-bond donors (Lipinski definition) is 6. The Bertz CT molecular complexity index is 2090. The van der Waals surface area contributed by atoms with E-state index in [1.807, 2.05) is 4.90 Å². The normalized spacial score (nSPS) is 31.2. The summed E-state index contributed by atoms with van der Waals surface area (Å²) < 4.78 is 33.0. The Morgan fingerprint density at radius 2 is 1.65 bits per heavy atom. The molecule has 0 radical (unpaired) electrons. The third-order valence-corrected chi connectivity index (χ3v) is 11.7. The van der Waals surface area contributed by atoms with Gasteiger partial charge in [-0.25, -0.2) is 4.79 Å². The van der Waals surface area contributed by atoms with Gasteiger partial charge < -0.3 is 59.3 Å². The molecule has 2 fully saturated rings. The first kappa shape index (κ1) is 40.6. The molecular weight excluding hydrogens is 752 g/mol. The van der Waals surface area contributed by atoms with Crippen LogP contribution in [0.4, 0.5) is 0 Å². The first-order chi connectivity index (χ1) is 27.1. The Balaban J connectivity index is 1.29. The van der Waals surface area contributed by atoms with Crippen molar-refractivity contribution < 1.29 is 77.9 Å². The van der Waals surface area contributed by atoms with Crippen molar-refractivity contribution in [3.05, 3.63) is 68.4 Å². The highest BCUT2D eigenvalue weighted by molar-refractivity contribution is 6.31. The molecule has 57 heavy (non-hydrogen) atoms. The number of ketones is 4. The van der Waals surface area contributed by atoms with Crippen LogP contribution in [0.25, 0.3) is 0 Å². The summed E-state index contributed by atoms with van der Waals surface area (Å²) in [6, 6.07) is 2.22. The predicted molar refractivity (Wildman–Crippen MR) is 192 cm³/mol. The number of fused-ring (bicyclic) bond motifs is 5. The molecule has 0 aromatic heterocycles. The highest BCUT2D eigenvalue weighted by Crippen LogP contribution is 2.56. The predicted octanol–water partition coefficient (Wildman–Crippen LogP) is -0.548. The van der Waals surface area contributed by atoms with E-state index in [2.05, 4.69) is 5.32 Å². The molecular formula is C39H44N2O16. The molecule has 0 saturated carbocycles. The second-order valence-corrected chi connectivity index (χ2v) is 14.7. The van der Waals surface area contributed by atoms with Crippen LogP contribution in [0, 0.1) is 6.92 Å². The van der Waals surface area contributed by atoms with Crippen LogP contribution < -0.4 is 5.32 Å². The number of morpholine rings is 1. The largest absolute Gasteiger partial charge is 0.507 e. The summed E-state index contributed by atoms with van der Waals surface area (Å²) in [4.78, 5) is 72.7. The van der Waals surface area contributed by atoms with Gasteiger partial charge in [0, 0.05) is 70.2 Å². The summed E-state index contributed by atoms with van der Waals surface area (Å²) in [7, 11) is 3.60. The van der Waals surface area contributed by atoms with Crippen molar-refractivity contribution in [2.45, 2.75) is 68.2 Å². The standard InChI is InChI=1S/C39H44N2O16/c1-16-12-18-13-23(43)39(54-5)35(49)26-20(34(48)38(39,51)27(18)30(46)24(16)37(50)56-11-8-41-6-9-55-10-7-41)14-19-25(29(26)45)22(42)15-21(28(19)44)40-36-33(53-4)31(47)32(52-3)17(2)57-36/h12,14-15,17,23,31-33,36,40,43,45-47,51H,6-11,13H2,1-5H3/t17-,23+,31+,32-,33+,36-,38-,39+/m0/s1. The molecule has 0 amide bonds. The third-order valence-electron chi connectivity index (χ3n) is 11.7. The number of nitrogens with zero attached hydrogens (tertiary/aromatic N) is 1. The van der Waals surface area contributed by atoms with Gasteiger partial charge in [-0.15, -0.1) is 0 Å². The lowest BCUT2D eigenvalue weighted by molar-refractivity contribution is -0.236. The summed E-state index contributed by atoms with van der Waals surface area (Å²) in [5.74, 6) is -7.63. The van der Waals surface area contributed by atoms with Crippen LogP contribution in [0.15, 0.2) is 23.9 Å². The van der Waals surface area contributed by atoms with Gasteiger partial charge in [-0.3, -0.25) is 24.1 Å². The van der Waals surface area contributed by atoms with E-state index in [1.54, 1.807) is 6.92 Å². The molecule has 2 saturated heterocycles. The maximum absolute atomic E-state index is 14.8. The van der Waals surface area contributed by atoms with E-state index in [4.69, 9.17) is 28.4 Å². The lowest BCUT2D eigenvalue weighted by Gasteiger charge is -2.52. The fourth-order valence-electron chi connectivity index (χ4n) is 8.91. The highest BCUT2D eigenvalue weighted by atomic mass is 16.6. The first-order valence-electron chi connectivity index (χ1n) is 18.3. The van der Waals surface area contributed by atoms with Crippen molar-refractivity contribution in [1.82, 2.24) is 10.2 Å². The number of aryl methyl sites for hydroxylation is 1. The van der Waals surface area contributed by atoms with Crippen molar-refractivity contribution >= 4 is 29.1 Å². The number of phenols is 2. The number of rotatable bonds is 9. The average Bonchev–Trinajstić information content (AvgIpc) is 3.16. The number of aromatic hydroxyl groups is 2. The van der Waals surface area contributed by atoms with Crippen LogP contribution in [-0.2, 0) is 40.4 Å². The van der Waals surface area contributed by atoms with Gasteiger partial charge in [0.15, 0.2) is 23.2 Å². The fourth-order valence-corrected chi connectivity index (χ4v) is 8.91. The molecule has 306 valence electrons. The molecule has 0 unspecified atom stereocenters. The van der Waals surface area contributed by atoms with Gasteiger partial charge in [0.05, 0.1) is 42.2 Å². The molecule has 3 aliphatic carbocycles. The van der Waals surface area contributed by atoms with Gasteiger partial charge in [-0.1, -0.05) is 6.07 Å². The smallest absolute Gasteiger partial charge is 0.342 e. The van der Waals surface area contributed by atoms with Gasteiger partial charge in [0.2, 0.25) is 17.3 Å². The second-order valence-electron chi connectivity index (χ2n) is 14.7. The summed E-state index contributed by atoms with van der Waals surface area (Å²) in [5, 5.41) is 61.3. The van der Waals surface area contributed by atoms with E-state index in [9.17, 15) is 49.5 Å². The molecule has 2 aromatic carbocycles. The van der Waals surface area contributed by atoms with Gasteiger partial charge >= 0.3 is 5.97 Å². The van der Waals surface area contributed by atoms with Crippen molar-refractivity contribution in [3.63, 3.8) is 0 Å². The summed E-state index contributed by atoms with van der Waals surface area (Å²) >= 11 is 0. The monoisotopic (exact) mass is 796 g/mol. The molecule has 2 aliphatic heterocycles. The van der Waals surface area contributed by atoms with Crippen molar-refractivity contribution in [3.8, 4) is 11.5 Å². The zero-order valence-corrected chi connectivity index (χ0v) is 31.8. The molecule has 18 nitrogen and oxygen atoms in total. The molecule has 18 heteroatoms. The molecule has 2 aromatic rings. The number of carbonyl (C=O) groups excluding carboxylic acids is 5. The minimum absolute atomic E-state index is 0.00250. The number of benzene rings is 2. The lowest BCUT2D eigenvalue weighted by atomic mass is 9.56. The molecule has 0 bridgehead atoms. The summed E-state index contributed by atoms with van der Waals surface area (Å²) in [6.45, 7) is 5.68. The first-order valence-corrected chi connectivity index (χ1v) is 18.3. The number of hydrogen-bond acceptors (Lipinski definition) is 18. The number of nitrogens with one attached hydrogen (secondary N) is 1. The SMILES string of the molecule is CO[C@@H]1[C@@H](O)[C@@H](OC)[C@@H](NC2=CC(=O)c3c(cc4c(c3O)C(=O)[C@]3(OC)[C@H](O)Cc5cc(C)c(C(=O)OCCN6CCOCC6)c(O)c5[C@]3(O)C4=O)C2=O)O[C@H]1C. The summed E-state index contributed by atoms with van der Waals surface area (Å²) in [6.07, 6.45) is -6.61. The maximum atomic E-state index is 14.8. The van der Waals surface area contributed by atoms with E-state index in [0.29, 0.717) is 32.8 Å². The third kappa shape index (κ3) is 5.92. The number of ether oxygens (including phenoxy) is 6. The van der Waals surface area contributed by atoms with Crippen LogP contribution >= 0.6 is 0 Å². The van der Waals surface area contributed by atoms with E-state index in [1.165, 1.54) is 27.2 Å². The maximum Gasteiger partial charge on any atom is 0.342 e. The van der Waals surface area contributed by atoms with Crippen LogP contribution in [0.3, 0.4) is 0 Å². The number of phenolic OH excluding ortho intramolecular Hbond substituents is 2. The van der Waals surface area contributed by atoms with Gasteiger partial charge in [-0.2, -0.15) is 0 Å². The van der Waals surface area contributed by atoms with E-state index in [-0.39, 0.29) is 23.4 Å². The van der Waals surface area contributed by atoms with Crippen LogP contribution in [0.5, 0.6) is 11.5 Å². The molecule has 5 aliphatic rings. The zero-order valence-electron chi connectivity index (χ0n) is 31.8. The minimum Gasteiger partial charge on any atom is -0.507 e. The van der Waals surface area contributed by atoms with E-state index >= 15 is 0 Å². The molecule has 0 spiro atoms. The molecule has 7 rings (SSSR count). The summed E-state index contributed by atoms with van der Waals surface area (Å²) in [5.41, 5.74) is -10.2. The number of Topliss-reactive ketones (excluding diaryl/α,β-unsaturated/α-hetero) is 3. The molecule has 2 heterocycles. The number of methoxy groups -OCH3 is 3. The number of esters is 1.